The van der Waals surface area contributed by atoms with E-state index in [2.05, 4.69) is 0 Å². The molecular formula is C15H28N2O4S. The minimum Gasteiger partial charge on any atom is -0.378 e. The van der Waals surface area contributed by atoms with Crippen LogP contribution in [0, 0.1) is 11.3 Å². The van der Waals surface area contributed by atoms with Gasteiger partial charge in [-0.25, -0.2) is 0 Å². The van der Waals surface area contributed by atoms with Gasteiger partial charge in [0.25, 0.3) is 10.2 Å². The summed E-state index contributed by atoms with van der Waals surface area (Å²) in [6.45, 7) is 3.51. The van der Waals surface area contributed by atoms with Crippen LogP contribution in [0.3, 0.4) is 0 Å². The van der Waals surface area contributed by atoms with Gasteiger partial charge in [-0.1, -0.05) is 0 Å². The molecule has 0 aromatic heterocycles. The van der Waals surface area contributed by atoms with E-state index >= 15 is 0 Å². The van der Waals surface area contributed by atoms with Gasteiger partial charge in [-0.2, -0.15) is 17.0 Å². The van der Waals surface area contributed by atoms with Crippen LogP contribution in [-0.4, -0.2) is 70.1 Å². The first-order chi connectivity index (χ1) is 10.4. The van der Waals surface area contributed by atoms with Gasteiger partial charge in [0.15, 0.2) is 0 Å². The molecule has 0 amide bonds. The van der Waals surface area contributed by atoms with Crippen LogP contribution in [-0.2, 0) is 19.7 Å². The average Bonchev–Trinajstić information content (AvgIpc) is 3.22. The molecule has 0 aromatic rings. The Hall–Kier alpha value is -0.210. The van der Waals surface area contributed by atoms with Gasteiger partial charge in [-0.05, 0) is 43.4 Å². The largest absolute Gasteiger partial charge is 0.378 e. The summed E-state index contributed by atoms with van der Waals surface area (Å²) in [6.07, 6.45) is 5.60. The second-order valence-electron chi connectivity index (χ2n) is 7.31. The van der Waals surface area contributed by atoms with E-state index in [0.717, 1.165) is 38.4 Å². The van der Waals surface area contributed by atoms with E-state index in [1.165, 1.54) is 17.1 Å². The molecule has 3 rings (SSSR count). The van der Waals surface area contributed by atoms with Crippen LogP contribution in [0.2, 0.25) is 0 Å². The molecule has 128 valence electrons. The molecule has 0 radical (unpaired) electrons. The Balaban J connectivity index is 1.46. The number of nitrogens with zero attached hydrogens (tertiary/aromatic N) is 2. The fourth-order valence-electron chi connectivity index (χ4n) is 3.42. The minimum absolute atomic E-state index is 0.159. The number of ether oxygens (including phenoxy) is 2. The Morgan fingerprint density at radius 1 is 1.23 bits per heavy atom. The van der Waals surface area contributed by atoms with Gasteiger partial charge in [-0.3, -0.25) is 0 Å². The number of hydrogen-bond acceptors (Lipinski definition) is 4. The van der Waals surface area contributed by atoms with Crippen LogP contribution in [0.15, 0.2) is 0 Å². The summed E-state index contributed by atoms with van der Waals surface area (Å²) in [5.41, 5.74) is 0.159. The minimum atomic E-state index is -3.28. The van der Waals surface area contributed by atoms with Crippen molar-refractivity contribution in [3.05, 3.63) is 0 Å². The molecule has 1 spiro atoms. The molecule has 7 heteroatoms. The van der Waals surface area contributed by atoms with Crippen molar-refractivity contribution >= 4 is 10.2 Å². The summed E-state index contributed by atoms with van der Waals surface area (Å²) in [7, 11) is -0.0975. The van der Waals surface area contributed by atoms with Gasteiger partial charge in [0.05, 0.1) is 19.3 Å². The third-order valence-electron chi connectivity index (χ3n) is 5.21. The lowest BCUT2D eigenvalue weighted by molar-refractivity contribution is 0.0103. The summed E-state index contributed by atoms with van der Waals surface area (Å²) >= 11 is 0. The van der Waals surface area contributed by atoms with Gasteiger partial charge in [0, 0.05) is 33.8 Å². The monoisotopic (exact) mass is 332 g/mol. The number of hydrogen-bond donors (Lipinski definition) is 0. The van der Waals surface area contributed by atoms with Gasteiger partial charge in [0.1, 0.15) is 0 Å². The summed E-state index contributed by atoms with van der Waals surface area (Å²) in [5, 5.41) is 0. The zero-order valence-electron chi connectivity index (χ0n) is 13.7. The fraction of sp³-hybridized carbons (Fsp3) is 1.00. The normalized spacial score (nSPS) is 29.5. The molecular weight excluding hydrogens is 304 g/mol. The zero-order valence-corrected chi connectivity index (χ0v) is 14.5. The maximum atomic E-state index is 12.2. The maximum absolute atomic E-state index is 12.2. The van der Waals surface area contributed by atoms with Gasteiger partial charge < -0.3 is 9.47 Å². The van der Waals surface area contributed by atoms with Crippen molar-refractivity contribution in [2.24, 2.45) is 11.3 Å². The second kappa shape index (κ2) is 6.36. The van der Waals surface area contributed by atoms with Crippen LogP contribution >= 0.6 is 0 Å². The molecule has 2 aliphatic heterocycles. The van der Waals surface area contributed by atoms with E-state index in [4.69, 9.17) is 9.47 Å². The Morgan fingerprint density at radius 3 is 2.50 bits per heavy atom. The lowest BCUT2D eigenvalue weighted by Gasteiger charge is -2.38. The van der Waals surface area contributed by atoms with Crippen LogP contribution < -0.4 is 0 Å². The SMILES string of the molecule is CN(C)S(=O)(=O)N1CCC2(CC1)COC(COCC1CC1)C2. The van der Waals surface area contributed by atoms with Crippen molar-refractivity contribution in [2.45, 2.75) is 38.2 Å². The van der Waals surface area contributed by atoms with E-state index in [-0.39, 0.29) is 11.5 Å². The molecule has 1 unspecified atom stereocenters. The second-order valence-corrected chi connectivity index (χ2v) is 9.45. The molecule has 2 heterocycles. The molecule has 0 bridgehead atoms. The first-order valence-corrected chi connectivity index (χ1v) is 9.68. The molecule has 22 heavy (non-hydrogen) atoms. The van der Waals surface area contributed by atoms with E-state index < -0.39 is 10.2 Å². The lowest BCUT2D eigenvalue weighted by Crippen LogP contribution is -2.47. The molecule has 1 aliphatic carbocycles. The van der Waals surface area contributed by atoms with E-state index in [9.17, 15) is 8.42 Å². The lowest BCUT2D eigenvalue weighted by atomic mass is 9.77. The zero-order chi connectivity index (χ0) is 15.8. The van der Waals surface area contributed by atoms with Gasteiger partial charge in [0.2, 0.25) is 0 Å². The van der Waals surface area contributed by atoms with Crippen LogP contribution in [0.4, 0.5) is 0 Å². The van der Waals surface area contributed by atoms with Crippen LogP contribution in [0.5, 0.6) is 0 Å². The van der Waals surface area contributed by atoms with Crippen molar-refractivity contribution < 1.29 is 17.9 Å². The van der Waals surface area contributed by atoms with E-state index in [1.54, 1.807) is 18.4 Å². The molecule has 0 aromatic carbocycles. The van der Waals surface area contributed by atoms with E-state index in [1.807, 2.05) is 0 Å². The first kappa shape index (κ1) is 16.6. The first-order valence-electron chi connectivity index (χ1n) is 8.28. The number of rotatable bonds is 6. The highest BCUT2D eigenvalue weighted by Gasteiger charge is 2.44. The van der Waals surface area contributed by atoms with Crippen LogP contribution in [0.25, 0.3) is 0 Å². The topological polar surface area (TPSA) is 59.1 Å². The fourth-order valence-corrected chi connectivity index (χ4v) is 4.53. The summed E-state index contributed by atoms with van der Waals surface area (Å²) < 4.78 is 38.9. The van der Waals surface area contributed by atoms with Crippen molar-refractivity contribution in [1.82, 2.24) is 8.61 Å². The summed E-state index contributed by atoms with van der Waals surface area (Å²) in [5.74, 6) is 0.787. The maximum Gasteiger partial charge on any atom is 0.281 e. The Morgan fingerprint density at radius 2 is 1.91 bits per heavy atom. The highest BCUT2D eigenvalue weighted by atomic mass is 32.2. The van der Waals surface area contributed by atoms with Crippen LogP contribution in [0.1, 0.15) is 32.1 Å². The number of piperidine rings is 1. The summed E-state index contributed by atoms with van der Waals surface area (Å²) in [6, 6.07) is 0. The molecule has 6 nitrogen and oxygen atoms in total. The van der Waals surface area contributed by atoms with E-state index in [0.29, 0.717) is 19.7 Å². The van der Waals surface area contributed by atoms with Crippen molar-refractivity contribution in [3.63, 3.8) is 0 Å². The molecule has 1 atom stereocenters. The Bertz CT molecular complexity index is 482. The smallest absolute Gasteiger partial charge is 0.281 e. The quantitative estimate of drug-likeness (QED) is 0.731. The predicted octanol–water partition coefficient (Wildman–Crippen LogP) is 1.09. The van der Waals surface area contributed by atoms with Crippen molar-refractivity contribution in [2.75, 3.05) is 47.0 Å². The molecule has 1 saturated carbocycles. The van der Waals surface area contributed by atoms with Crippen molar-refractivity contribution in [3.8, 4) is 0 Å². The molecule has 0 N–H and O–H groups in total. The molecule has 3 fully saturated rings. The van der Waals surface area contributed by atoms with Crippen molar-refractivity contribution in [1.29, 1.82) is 0 Å². The molecule has 2 saturated heterocycles. The third-order valence-corrected chi connectivity index (χ3v) is 7.15. The molecule has 3 aliphatic rings. The Kier molecular flexibility index (Phi) is 4.81. The summed E-state index contributed by atoms with van der Waals surface area (Å²) in [4.78, 5) is 0. The Labute approximate surface area is 133 Å². The predicted molar refractivity (Wildman–Crippen MR) is 83.7 cm³/mol. The van der Waals surface area contributed by atoms with Gasteiger partial charge in [-0.15, -0.1) is 0 Å². The highest BCUT2D eigenvalue weighted by Crippen LogP contribution is 2.42. The van der Waals surface area contributed by atoms with Gasteiger partial charge >= 0.3 is 0 Å². The standard InChI is InChI=1S/C15H28N2O4S/c1-16(2)22(18,19)17-7-5-15(6-8-17)9-14(21-12-15)11-20-10-13-3-4-13/h13-14H,3-12H2,1-2H3. The average molecular weight is 332 g/mol. The third kappa shape index (κ3) is 3.64. The highest BCUT2D eigenvalue weighted by molar-refractivity contribution is 7.86.